The van der Waals surface area contributed by atoms with E-state index in [-0.39, 0.29) is 24.5 Å². The Balaban J connectivity index is 1.75. The molecule has 0 radical (unpaired) electrons. The van der Waals surface area contributed by atoms with E-state index in [1.54, 1.807) is 0 Å². The van der Waals surface area contributed by atoms with Gasteiger partial charge in [-0.3, -0.25) is 4.79 Å². The highest BCUT2D eigenvalue weighted by molar-refractivity contribution is 5.81. The first-order chi connectivity index (χ1) is 17.5. The monoisotopic (exact) mass is 533 g/mol. The molecule has 0 spiro atoms. The van der Waals surface area contributed by atoms with Gasteiger partial charge in [0.05, 0.1) is 0 Å². The van der Waals surface area contributed by atoms with Crippen molar-refractivity contribution in [2.45, 2.75) is 67.8 Å². The number of methoxy groups -OCH3 is 2. The fraction of sp³-hybridized carbons (Fsp3) is 0.636. The summed E-state index contributed by atoms with van der Waals surface area (Å²) in [6.45, 7) is 0.0177. The molecule has 8 N–H and O–H groups in total. The molecular formula is C22H31NO14. The fourth-order valence-corrected chi connectivity index (χ4v) is 4.12. The zero-order valence-electron chi connectivity index (χ0n) is 19.9. The lowest BCUT2D eigenvalue weighted by Gasteiger charge is -2.45. The highest BCUT2D eigenvalue weighted by Gasteiger charge is 2.54. The Morgan fingerprint density at radius 1 is 0.865 bits per heavy atom. The van der Waals surface area contributed by atoms with Crippen LogP contribution in [-0.2, 0) is 39.7 Å². The van der Waals surface area contributed by atoms with Crippen LogP contribution in [0, 0.1) is 0 Å². The van der Waals surface area contributed by atoms with E-state index in [1.165, 1.54) is 25.3 Å². The second kappa shape index (κ2) is 12.3. The molecule has 1 aromatic carbocycles. The van der Waals surface area contributed by atoms with E-state index in [9.17, 15) is 45.3 Å². The van der Waals surface area contributed by atoms with Crippen LogP contribution in [-0.4, -0.2) is 130 Å². The van der Waals surface area contributed by atoms with Crippen LogP contribution in [0.15, 0.2) is 18.2 Å². The van der Waals surface area contributed by atoms with Gasteiger partial charge in [-0.15, -0.1) is 0 Å². The number of benzene rings is 1. The highest BCUT2D eigenvalue weighted by Crippen LogP contribution is 2.30. The maximum absolute atomic E-state index is 13.0. The van der Waals surface area contributed by atoms with E-state index < -0.39 is 73.3 Å². The van der Waals surface area contributed by atoms with Crippen molar-refractivity contribution in [3.63, 3.8) is 0 Å². The van der Waals surface area contributed by atoms with Gasteiger partial charge in [0.2, 0.25) is 0 Å². The number of aliphatic hydroxyl groups is 4. The molecule has 208 valence electrons. The molecule has 1 amide bonds. The summed E-state index contributed by atoms with van der Waals surface area (Å²) in [5.41, 5.74) is 0.582. The van der Waals surface area contributed by atoms with Gasteiger partial charge >= 0.3 is 5.97 Å². The van der Waals surface area contributed by atoms with Crippen molar-refractivity contribution in [1.29, 1.82) is 0 Å². The fourth-order valence-electron chi connectivity index (χ4n) is 4.12. The number of carbonyl (C=O) groups excluding carboxylic acids is 1. The number of carboxylic acid groups (broad SMARTS) is 1. The number of carboxylic acids is 1. The number of hydrogen-bond donors (Lipinski definition) is 8. The second-order valence-corrected chi connectivity index (χ2v) is 8.55. The zero-order chi connectivity index (χ0) is 27.4. The average molecular weight is 533 g/mol. The Hall–Kier alpha value is -2.60. The number of rotatable bonds is 9. The van der Waals surface area contributed by atoms with Crippen LogP contribution in [0.3, 0.4) is 0 Å². The van der Waals surface area contributed by atoms with Crippen molar-refractivity contribution in [2.75, 3.05) is 20.8 Å². The molecule has 3 rings (SSSR count). The largest absolute Gasteiger partial charge is 0.504 e. The molecule has 2 aliphatic rings. The third kappa shape index (κ3) is 6.28. The summed E-state index contributed by atoms with van der Waals surface area (Å²) in [6, 6.07) is 4.12. The molecule has 0 bridgehead atoms. The molecule has 0 saturated carbocycles. The number of hydrogen-bond acceptors (Lipinski definition) is 13. The van der Waals surface area contributed by atoms with E-state index in [2.05, 4.69) is 5.32 Å². The number of carbonyl (C=O) groups is 2. The molecule has 0 aliphatic carbocycles. The van der Waals surface area contributed by atoms with Crippen molar-refractivity contribution in [3.8, 4) is 11.5 Å². The Morgan fingerprint density at radius 2 is 1.49 bits per heavy atom. The number of phenolic OH excluding ortho intramolecular Hbond substituents is 2. The summed E-state index contributed by atoms with van der Waals surface area (Å²) in [7, 11) is 2.28. The van der Waals surface area contributed by atoms with E-state index in [0.29, 0.717) is 5.56 Å². The minimum Gasteiger partial charge on any atom is -0.504 e. The lowest BCUT2D eigenvalue weighted by atomic mass is 9.96. The van der Waals surface area contributed by atoms with Crippen LogP contribution >= 0.6 is 0 Å². The molecule has 2 aliphatic heterocycles. The van der Waals surface area contributed by atoms with Gasteiger partial charge in [0, 0.05) is 20.8 Å². The van der Waals surface area contributed by atoms with E-state index >= 15 is 0 Å². The standard InChI is InChI=1S/C22H31NO14/c1-33-15-11(26)14(29)22(37-18(15)20(31)32)35-16-12(27)13(28)21(34-2)36-17(16)19(30)23-6-5-8-3-4-9(24)10(25)7-8/h3-4,7,11-18,21-22,24-29H,5-6H2,1-2H3,(H,23,30)(H,31,32)/t11-,12?,13?,14?,15+,16+,17-,18?,21-,22-/m1/s1. The maximum atomic E-state index is 13.0. The van der Waals surface area contributed by atoms with Crippen LogP contribution in [0.5, 0.6) is 11.5 Å². The first kappa shape index (κ1) is 29.0. The molecule has 37 heavy (non-hydrogen) atoms. The van der Waals surface area contributed by atoms with Gasteiger partial charge in [0.15, 0.2) is 36.3 Å². The summed E-state index contributed by atoms with van der Waals surface area (Å²) in [5.74, 6) is -2.99. The predicted octanol–water partition coefficient (Wildman–Crippen LogP) is -3.22. The van der Waals surface area contributed by atoms with Gasteiger partial charge in [0.25, 0.3) is 5.91 Å². The first-order valence-electron chi connectivity index (χ1n) is 11.3. The molecule has 2 saturated heterocycles. The van der Waals surface area contributed by atoms with Gasteiger partial charge in [-0.1, -0.05) is 6.07 Å². The Morgan fingerprint density at radius 3 is 2.08 bits per heavy atom. The maximum Gasteiger partial charge on any atom is 0.335 e. The van der Waals surface area contributed by atoms with Gasteiger partial charge < -0.3 is 64.7 Å². The van der Waals surface area contributed by atoms with Crippen molar-refractivity contribution >= 4 is 11.9 Å². The summed E-state index contributed by atoms with van der Waals surface area (Å²) in [6.07, 6.45) is -16.7. The molecule has 2 heterocycles. The predicted molar refractivity (Wildman–Crippen MR) is 118 cm³/mol. The molecule has 1 aromatic rings. The molecule has 0 aromatic heterocycles. The van der Waals surface area contributed by atoms with Crippen LogP contribution in [0.4, 0.5) is 0 Å². The molecular weight excluding hydrogens is 502 g/mol. The molecule has 15 heteroatoms. The number of amides is 1. The Labute approximate surface area is 210 Å². The second-order valence-electron chi connectivity index (χ2n) is 8.55. The highest BCUT2D eigenvalue weighted by atomic mass is 16.7. The number of aliphatic carboxylic acids is 1. The van der Waals surface area contributed by atoms with Crippen molar-refractivity contribution in [3.05, 3.63) is 23.8 Å². The summed E-state index contributed by atoms with van der Waals surface area (Å²) < 4.78 is 26.1. The van der Waals surface area contributed by atoms with Gasteiger partial charge in [-0.05, 0) is 24.1 Å². The minimum atomic E-state index is -1.85. The van der Waals surface area contributed by atoms with Crippen LogP contribution in [0.2, 0.25) is 0 Å². The van der Waals surface area contributed by atoms with Crippen LogP contribution in [0.25, 0.3) is 0 Å². The van der Waals surface area contributed by atoms with E-state index in [0.717, 1.165) is 7.11 Å². The SMILES string of the molecule is CO[C@@H]1O[C@@H](C(=O)NCCc2ccc(O)c(O)c2)[C@@H](O[C@@H]2OC(C(=O)O)[C@@H](OC)[C@H](O)C2O)C(O)C1O. The normalized spacial score (nSPS) is 36.2. The quantitative estimate of drug-likeness (QED) is 0.146. The third-order valence-electron chi connectivity index (χ3n) is 6.14. The topological polar surface area (TPSA) is 234 Å². The van der Waals surface area contributed by atoms with Crippen molar-refractivity contribution in [1.82, 2.24) is 5.32 Å². The first-order valence-corrected chi connectivity index (χ1v) is 11.3. The van der Waals surface area contributed by atoms with Crippen molar-refractivity contribution < 1.29 is 69.0 Å². The van der Waals surface area contributed by atoms with Crippen molar-refractivity contribution in [2.24, 2.45) is 0 Å². The lowest BCUT2D eigenvalue weighted by molar-refractivity contribution is -0.348. The summed E-state index contributed by atoms with van der Waals surface area (Å²) in [5, 5.41) is 72.7. The van der Waals surface area contributed by atoms with Crippen LogP contribution < -0.4 is 5.32 Å². The molecule has 10 atom stereocenters. The molecule has 4 unspecified atom stereocenters. The van der Waals surface area contributed by atoms with Gasteiger partial charge in [-0.2, -0.15) is 0 Å². The van der Waals surface area contributed by atoms with Gasteiger partial charge in [0.1, 0.15) is 36.6 Å². The Bertz CT molecular complexity index is 946. The smallest absolute Gasteiger partial charge is 0.335 e. The summed E-state index contributed by atoms with van der Waals surface area (Å²) >= 11 is 0. The number of ether oxygens (including phenoxy) is 5. The van der Waals surface area contributed by atoms with E-state index in [1.807, 2.05) is 0 Å². The summed E-state index contributed by atoms with van der Waals surface area (Å²) in [4.78, 5) is 24.6. The molecule has 2 fully saturated rings. The number of phenols is 2. The number of aromatic hydroxyl groups is 2. The lowest BCUT2D eigenvalue weighted by Crippen LogP contribution is -2.66. The zero-order valence-corrected chi connectivity index (χ0v) is 19.9. The van der Waals surface area contributed by atoms with E-state index in [4.69, 9.17) is 23.7 Å². The molecule has 15 nitrogen and oxygen atoms in total. The number of aliphatic hydroxyl groups excluding tert-OH is 4. The van der Waals surface area contributed by atoms with Gasteiger partial charge in [-0.25, -0.2) is 4.79 Å². The Kier molecular flexibility index (Phi) is 9.63. The average Bonchev–Trinajstić information content (AvgIpc) is 2.86. The minimum absolute atomic E-state index is 0.0177. The number of nitrogens with one attached hydrogen (secondary N) is 1. The third-order valence-corrected chi connectivity index (χ3v) is 6.14. The van der Waals surface area contributed by atoms with Crippen LogP contribution in [0.1, 0.15) is 5.56 Å².